The zero-order valence-corrected chi connectivity index (χ0v) is 25.8. The fraction of sp³-hybridized carbons (Fsp3) is 0.0714. The summed E-state index contributed by atoms with van der Waals surface area (Å²) in [6, 6.07) is 39.1. The molecule has 2 aromatic heterocycles. The molecule has 2 atom stereocenters. The van der Waals surface area contributed by atoms with Gasteiger partial charge < -0.3 is 14.5 Å². The lowest BCUT2D eigenvalue weighted by molar-refractivity contribution is 0.266. The molecule has 4 heterocycles. The third-order valence-corrected chi connectivity index (χ3v) is 9.46. The van der Waals surface area contributed by atoms with Gasteiger partial charge in [0, 0.05) is 51.2 Å². The van der Waals surface area contributed by atoms with Crippen LogP contribution in [0.2, 0.25) is 0 Å². The number of hydrogen-bond donors (Lipinski definition) is 1. The summed E-state index contributed by atoms with van der Waals surface area (Å²) in [4.78, 5) is 15.3. The first-order valence-electron chi connectivity index (χ1n) is 16.2. The SMILES string of the molecule is C1=CC2=CC3c4c(cc(-c5cccc6oc7ccccc7c56)cc4-c4nc(-c5ccccc5)nc(-c5ccccc5)n4)OC3C=C2NC1. The van der Waals surface area contributed by atoms with Crippen molar-refractivity contribution in [3.8, 4) is 51.0 Å². The molecule has 10 rings (SSSR count). The maximum atomic E-state index is 6.82. The third kappa shape index (κ3) is 4.30. The molecule has 5 aromatic carbocycles. The molecule has 0 spiro atoms. The first-order chi connectivity index (χ1) is 23.8. The van der Waals surface area contributed by atoms with Crippen LogP contribution in [0.15, 0.2) is 155 Å². The van der Waals surface area contributed by atoms with E-state index < -0.39 is 0 Å². The van der Waals surface area contributed by atoms with Crippen molar-refractivity contribution in [1.29, 1.82) is 0 Å². The van der Waals surface area contributed by atoms with Crippen molar-refractivity contribution >= 4 is 21.9 Å². The number of furan rings is 1. The Hall–Kier alpha value is -6.27. The van der Waals surface area contributed by atoms with E-state index in [1.165, 1.54) is 5.57 Å². The molecular weight excluding hydrogens is 592 g/mol. The van der Waals surface area contributed by atoms with Gasteiger partial charge in [-0.25, -0.2) is 15.0 Å². The van der Waals surface area contributed by atoms with E-state index in [1.54, 1.807) is 0 Å². The highest BCUT2D eigenvalue weighted by Gasteiger charge is 2.39. The third-order valence-electron chi connectivity index (χ3n) is 9.46. The molecule has 7 aromatic rings. The van der Waals surface area contributed by atoms with E-state index in [4.69, 9.17) is 24.1 Å². The molecule has 2 aliphatic heterocycles. The summed E-state index contributed by atoms with van der Waals surface area (Å²) in [6.07, 6.45) is 8.74. The minimum absolute atomic E-state index is 0.00462. The Balaban J connectivity index is 1.25. The van der Waals surface area contributed by atoms with E-state index in [1.807, 2.05) is 78.9 Å². The standard InChI is InChI=1S/C42H28N4O2/c1-3-11-25(12-4-1)40-44-41(26-13-5-2-6-14-26)46-42(45-40)32-22-28(29-17-9-19-35-38(29)30-16-7-8-18-34(30)47-35)23-37-39(32)31-21-27-15-10-20-43-33(27)24-36(31)48-37/h1-19,21-24,31,36,43H,20H2. The Morgan fingerprint density at radius 2 is 1.33 bits per heavy atom. The molecule has 228 valence electrons. The summed E-state index contributed by atoms with van der Waals surface area (Å²) in [6.45, 7) is 0.806. The second-order valence-corrected chi connectivity index (χ2v) is 12.3. The van der Waals surface area contributed by atoms with E-state index in [0.29, 0.717) is 17.5 Å². The quantitative estimate of drug-likeness (QED) is 0.211. The molecular formula is C42H28N4O2. The minimum Gasteiger partial charge on any atom is -0.485 e. The summed E-state index contributed by atoms with van der Waals surface area (Å²) < 4.78 is 13.1. The van der Waals surface area contributed by atoms with Crippen molar-refractivity contribution in [2.24, 2.45) is 0 Å². The predicted octanol–water partition coefficient (Wildman–Crippen LogP) is 9.27. The maximum Gasteiger partial charge on any atom is 0.164 e. The monoisotopic (exact) mass is 620 g/mol. The van der Waals surface area contributed by atoms with Gasteiger partial charge in [-0.1, -0.05) is 109 Å². The summed E-state index contributed by atoms with van der Waals surface area (Å²) in [5.41, 5.74) is 9.95. The van der Waals surface area contributed by atoms with Crippen LogP contribution in [0.25, 0.3) is 67.2 Å². The first kappa shape index (κ1) is 26.9. The molecule has 0 bridgehead atoms. The largest absolute Gasteiger partial charge is 0.485 e. The summed E-state index contributed by atoms with van der Waals surface area (Å²) >= 11 is 0. The van der Waals surface area contributed by atoms with Crippen molar-refractivity contribution in [2.45, 2.75) is 12.0 Å². The second kappa shape index (κ2) is 10.6. The average Bonchev–Trinajstić information content (AvgIpc) is 3.72. The topological polar surface area (TPSA) is 73.1 Å². The Labute approximate surface area is 276 Å². The van der Waals surface area contributed by atoms with E-state index in [0.717, 1.165) is 73.3 Å². The summed E-state index contributed by atoms with van der Waals surface area (Å²) in [5, 5.41) is 5.66. The Morgan fingerprint density at radius 3 is 2.12 bits per heavy atom. The molecule has 6 nitrogen and oxygen atoms in total. The summed E-state index contributed by atoms with van der Waals surface area (Å²) in [7, 11) is 0. The van der Waals surface area contributed by atoms with Crippen LogP contribution in [-0.4, -0.2) is 27.6 Å². The van der Waals surface area contributed by atoms with Crippen LogP contribution in [0.1, 0.15) is 11.5 Å². The van der Waals surface area contributed by atoms with Crippen LogP contribution in [0.5, 0.6) is 5.75 Å². The molecule has 3 aliphatic rings. The number of benzene rings is 5. The molecule has 6 heteroatoms. The normalized spacial score (nSPS) is 17.6. The van der Waals surface area contributed by atoms with Crippen molar-refractivity contribution in [1.82, 2.24) is 20.3 Å². The maximum absolute atomic E-state index is 6.82. The fourth-order valence-electron chi connectivity index (χ4n) is 7.26. The van der Waals surface area contributed by atoms with E-state index in [-0.39, 0.29) is 12.0 Å². The lowest BCUT2D eigenvalue weighted by atomic mass is 9.83. The van der Waals surface area contributed by atoms with Crippen molar-refractivity contribution in [2.75, 3.05) is 6.54 Å². The lowest BCUT2D eigenvalue weighted by Gasteiger charge is -2.25. The molecule has 0 amide bonds. The van der Waals surface area contributed by atoms with Gasteiger partial charge >= 0.3 is 0 Å². The van der Waals surface area contributed by atoms with Gasteiger partial charge in [-0.2, -0.15) is 0 Å². The number of fused-ring (bicyclic) bond motifs is 7. The van der Waals surface area contributed by atoms with E-state index in [2.05, 4.69) is 66.0 Å². The number of para-hydroxylation sites is 1. The van der Waals surface area contributed by atoms with Crippen LogP contribution < -0.4 is 10.1 Å². The fourth-order valence-corrected chi connectivity index (χ4v) is 7.26. The van der Waals surface area contributed by atoms with Gasteiger partial charge in [-0.15, -0.1) is 0 Å². The molecule has 1 N–H and O–H groups in total. The number of nitrogens with one attached hydrogen (secondary N) is 1. The molecule has 2 unspecified atom stereocenters. The van der Waals surface area contributed by atoms with Gasteiger partial charge in [0.2, 0.25) is 0 Å². The van der Waals surface area contributed by atoms with Gasteiger partial charge in [0.15, 0.2) is 17.5 Å². The van der Waals surface area contributed by atoms with Crippen LogP contribution in [0.4, 0.5) is 0 Å². The van der Waals surface area contributed by atoms with E-state index in [9.17, 15) is 0 Å². The van der Waals surface area contributed by atoms with Crippen molar-refractivity contribution in [3.63, 3.8) is 0 Å². The lowest BCUT2D eigenvalue weighted by Crippen LogP contribution is -2.27. The van der Waals surface area contributed by atoms with E-state index >= 15 is 0 Å². The van der Waals surface area contributed by atoms with Crippen LogP contribution in [0.3, 0.4) is 0 Å². The van der Waals surface area contributed by atoms with Gasteiger partial charge in [0.05, 0.1) is 0 Å². The smallest absolute Gasteiger partial charge is 0.164 e. The Bertz CT molecular complexity index is 2440. The highest BCUT2D eigenvalue weighted by atomic mass is 16.5. The molecule has 0 saturated carbocycles. The number of rotatable bonds is 4. The van der Waals surface area contributed by atoms with Crippen molar-refractivity contribution < 1.29 is 9.15 Å². The van der Waals surface area contributed by atoms with Crippen LogP contribution >= 0.6 is 0 Å². The highest BCUT2D eigenvalue weighted by molar-refractivity contribution is 6.12. The van der Waals surface area contributed by atoms with Gasteiger partial charge in [0.1, 0.15) is 23.0 Å². The number of ether oxygens (including phenoxy) is 1. The molecule has 0 fully saturated rings. The molecule has 0 radical (unpaired) electrons. The Kier molecular flexibility index (Phi) is 5.96. The van der Waals surface area contributed by atoms with Crippen LogP contribution in [0, 0.1) is 0 Å². The van der Waals surface area contributed by atoms with Gasteiger partial charge in [0.25, 0.3) is 0 Å². The number of nitrogens with zero attached hydrogens (tertiary/aromatic N) is 3. The van der Waals surface area contributed by atoms with Gasteiger partial charge in [-0.3, -0.25) is 0 Å². The highest BCUT2D eigenvalue weighted by Crippen LogP contribution is 2.50. The zero-order valence-electron chi connectivity index (χ0n) is 25.8. The Morgan fingerprint density at radius 1 is 0.625 bits per heavy atom. The second-order valence-electron chi connectivity index (χ2n) is 12.3. The van der Waals surface area contributed by atoms with Gasteiger partial charge in [-0.05, 0) is 47.0 Å². The summed E-state index contributed by atoms with van der Waals surface area (Å²) in [5.74, 6) is 2.69. The number of aromatic nitrogens is 3. The average molecular weight is 621 g/mol. The first-order valence-corrected chi connectivity index (χ1v) is 16.2. The molecule has 1 aliphatic carbocycles. The number of hydrogen-bond acceptors (Lipinski definition) is 6. The molecule has 0 saturated heterocycles. The molecule has 48 heavy (non-hydrogen) atoms. The minimum atomic E-state index is -0.152. The number of allylic oxidation sites excluding steroid dienone is 1. The predicted molar refractivity (Wildman–Crippen MR) is 189 cm³/mol. The zero-order chi connectivity index (χ0) is 31.6. The van der Waals surface area contributed by atoms with Crippen LogP contribution in [-0.2, 0) is 0 Å². The van der Waals surface area contributed by atoms with Crippen molar-refractivity contribution in [3.05, 3.63) is 156 Å².